The molecule has 1 amide bonds. The molecule has 108 valence electrons. The number of benzene rings is 2. The van der Waals surface area contributed by atoms with Crippen LogP contribution in [0.3, 0.4) is 0 Å². The fraction of sp³-hybridized carbons (Fsp3) is 0.118. The van der Waals surface area contributed by atoms with E-state index in [9.17, 15) is 10.1 Å². The summed E-state index contributed by atoms with van der Waals surface area (Å²) in [5.41, 5.74) is 2.66. The summed E-state index contributed by atoms with van der Waals surface area (Å²) in [7, 11) is 0. The lowest BCUT2D eigenvalue weighted by Gasteiger charge is -2.28. The van der Waals surface area contributed by atoms with Crippen LogP contribution in [0.25, 0.3) is 0 Å². The highest BCUT2D eigenvalue weighted by atomic mass is 35.5. The van der Waals surface area contributed by atoms with Crippen LogP contribution in [0.15, 0.2) is 53.5 Å². The zero-order valence-electron chi connectivity index (χ0n) is 11.6. The Morgan fingerprint density at radius 1 is 1.23 bits per heavy atom. The van der Waals surface area contributed by atoms with Crippen LogP contribution in [-0.4, -0.2) is 17.1 Å². The minimum atomic E-state index is -0.690. The van der Waals surface area contributed by atoms with Crippen LogP contribution >= 0.6 is 11.6 Å². The normalized spacial score (nSPS) is 16.0. The molecule has 1 heterocycles. The number of halogens is 1. The van der Waals surface area contributed by atoms with Crippen molar-refractivity contribution in [2.45, 2.75) is 11.9 Å². The summed E-state index contributed by atoms with van der Waals surface area (Å²) in [6, 6.07) is 15.9. The molecular weight excluding hydrogens is 298 g/mol. The predicted octanol–water partition coefficient (Wildman–Crippen LogP) is 3.81. The van der Waals surface area contributed by atoms with Gasteiger partial charge >= 0.3 is 0 Å². The minimum absolute atomic E-state index is 0.237. The number of nitriles is 1. The molecule has 0 fully saturated rings. The predicted molar refractivity (Wildman–Crippen MR) is 85.1 cm³/mol. The standard InChI is InChI=1S/C17H12ClN3O/c18-9-12-5-1-2-6-13(12)17(22)21-11-20-15-8-4-3-7-14(15)16(21)10-19/h1-8,11,16H,9H2. The maximum atomic E-state index is 12.8. The molecule has 1 atom stereocenters. The van der Waals surface area contributed by atoms with Crippen molar-refractivity contribution in [2.24, 2.45) is 4.99 Å². The quantitative estimate of drug-likeness (QED) is 0.792. The molecule has 1 aliphatic heterocycles. The molecule has 0 saturated heterocycles. The molecule has 0 radical (unpaired) electrons. The first kappa shape index (κ1) is 14.3. The van der Waals surface area contributed by atoms with Gasteiger partial charge < -0.3 is 0 Å². The summed E-state index contributed by atoms with van der Waals surface area (Å²) in [6.07, 6.45) is 1.42. The van der Waals surface area contributed by atoms with E-state index in [0.717, 1.165) is 11.1 Å². The van der Waals surface area contributed by atoms with E-state index < -0.39 is 6.04 Å². The van der Waals surface area contributed by atoms with Crippen molar-refractivity contribution < 1.29 is 4.79 Å². The lowest BCUT2D eigenvalue weighted by molar-refractivity contribution is 0.0828. The number of hydrogen-bond donors (Lipinski definition) is 0. The SMILES string of the molecule is N#CC1c2ccccc2N=CN1C(=O)c1ccccc1CCl. The maximum absolute atomic E-state index is 12.8. The largest absolute Gasteiger partial charge is 0.278 e. The van der Waals surface area contributed by atoms with E-state index in [-0.39, 0.29) is 11.8 Å². The molecule has 0 spiro atoms. The van der Waals surface area contributed by atoms with Gasteiger partial charge in [0.15, 0.2) is 6.04 Å². The maximum Gasteiger partial charge on any atom is 0.260 e. The zero-order chi connectivity index (χ0) is 15.5. The second-order valence-corrected chi connectivity index (χ2v) is 5.11. The number of carbonyl (C=O) groups excluding carboxylic acids is 1. The third-order valence-corrected chi connectivity index (χ3v) is 3.87. The van der Waals surface area contributed by atoms with Gasteiger partial charge in [-0.05, 0) is 17.7 Å². The van der Waals surface area contributed by atoms with Crippen LogP contribution in [0, 0.1) is 11.3 Å². The van der Waals surface area contributed by atoms with Crippen LogP contribution < -0.4 is 0 Å². The Hall–Kier alpha value is -2.64. The van der Waals surface area contributed by atoms with E-state index in [0.29, 0.717) is 11.3 Å². The molecule has 2 aromatic rings. The topological polar surface area (TPSA) is 56.5 Å². The molecule has 0 aromatic heterocycles. The highest BCUT2D eigenvalue weighted by Crippen LogP contribution is 2.33. The van der Waals surface area contributed by atoms with E-state index >= 15 is 0 Å². The second kappa shape index (κ2) is 6.00. The van der Waals surface area contributed by atoms with E-state index in [1.165, 1.54) is 11.2 Å². The number of hydrogen-bond acceptors (Lipinski definition) is 3. The Morgan fingerprint density at radius 3 is 2.73 bits per heavy atom. The van der Waals surface area contributed by atoms with Crippen LogP contribution in [0.1, 0.15) is 27.5 Å². The smallest absolute Gasteiger partial charge is 0.260 e. The van der Waals surface area contributed by atoms with Crippen molar-refractivity contribution in [1.82, 2.24) is 4.90 Å². The second-order valence-electron chi connectivity index (χ2n) is 4.84. The molecule has 2 aromatic carbocycles. The zero-order valence-corrected chi connectivity index (χ0v) is 12.4. The highest BCUT2D eigenvalue weighted by molar-refractivity contribution is 6.18. The van der Waals surface area contributed by atoms with Gasteiger partial charge in [-0.3, -0.25) is 9.69 Å². The Morgan fingerprint density at radius 2 is 1.95 bits per heavy atom. The Labute approximate surface area is 133 Å². The number of fused-ring (bicyclic) bond motifs is 1. The Balaban J connectivity index is 2.03. The molecular formula is C17H12ClN3O. The van der Waals surface area contributed by atoms with E-state index in [1.54, 1.807) is 18.2 Å². The van der Waals surface area contributed by atoms with E-state index in [2.05, 4.69) is 11.1 Å². The number of nitrogens with zero attached hydrogens (tertiary/aromatic N) is 3. The average Bonchev–Trinajstić information content (AvgIpc) is 2.60. The average molecular weight is 310 g/mol. The molecule has 0 bridgehead atoms. The lowest BCUT2D eigenvalue weighted by Crippen LogP contribution is -2.35. The van der Waals surface area contributed by atoms with Crippen molar-refractivity contribution in [3.05, 3.63) is 65.2 Å². The fourth-order valence-corrected chi connectivity index (χ4v) is 2.70. The van der Waals surface area contributed by atoms with Gasteiger partial charge in [-0.1, -0.05) is 36.4 Å². The molecule has 5 heteroatoms. The van der Waals surface area contributed by atoms with Crippen molar-refractivity contribution in [3.63, 3.8) is 0 Å². The summed E-state index contributed by atoms with van der Waals surface area (Å²) < 4.78 is 0. The monoisotopic (exact) mass is 309 g/mol. The van der Waals surface area contributed by atoms with Crippen LogP contribution in [-0.2, 0) is 5.88 Å². The van der Waals surface area contributed by atoms with Crippen molar-refractivity contribution in [2.75, 3.05) is 0 Å². The van der Waals surface area contributed by atoms with Gasteiger partial charge in [0.05, 0.1) is 18.1 Å². The molecule has 22 heavy (non-hydrogen) atoms. The number of carbonyl (C=O) groups is 1. The number of para-hydroxylation sites is 1. The van der Waals surface area contributed by atoms with E-state index in [4.69, 9.17) is 11.6 Å². The summed E-state index contributed by atoms with van der Waals surface area (Å²) >= 11 is 5.90. The summed E-state index contributed by atoms with van der Waals surface area (Å²) in [5, 5.41) is 9.50. The van der Waals surface area contributed by atoms with Crippen molar-refractivity contribution >= 4 is 29.5 Å². The third-order valence-electron chi connectivity index (χ3n) is 3.58. The fourth-order valence-electron chi connectivity index (χ4n) is 2.46. The van der Waals surface area contributed by atoms with Gasteiger partial charge in [0.2, 0.25) is 0 Å². The molecule has 0 N–H and O–H groups in total. The van der Waals surface area contributed by atoms with Crippen LogP contribution in [0.5, 0.6) is 0 Å². The number of alkyl halides is 1. The number of aliphatic imine (C=N–C) groups is 1. The molecule has 4 nitrogen and oxygen atoms in total. The van der Waals surface area contributed by atoms with Crippen LogP contribution in [0.2, 0.25) is 0 Å². The number of rotatable bonds is 2. The summed E-state index contributed by atoms with van der Waals surface area (Å²) in [4.78, 5) is 18.4. The first-order chi connectivity index (χ1) is 10.8. The molecule has 1 unspecified atom stereocenters. The van der Waals surface area contributed by atoms with Gasteiger partial charge in [0.25, 0.3) is 5.91 Å². The highest BCUT2D eigenvalue weighted by Gasteiger charge is 2.30. The van der Waals surface area contributed by atoms with Gasteiger partial charge in [0, 0.05) is 17.0 Å². The van der Waals surface area contributed by atoms with Gasteiger partial charge in [-0.15, -0.1) is 11.6 Å². The lowest BCUT2D eigenvalue weighted by atomic mass is 10.0. The Kier molecular flexibility index (Phi) is 3.90. The molecule has 0 aliphatic carbocycles. The van der Waals surface area contributed by atoms with Gasteiger partial charge in [0.1, 0.15) is 0 Å². The summed E-state index contributed by atoms with van der Waals surface area (Å²) in [5.74, 6) is -0.0400. The minimum Gasteiger partial charge on any atom is -0.278 e. The first-order valence-electron chi connectivity index (χ1n) is 6.75. The Bertz CT molecular complexity index is 794. The van der Waals surface area contributed by atoms with Crippen molar-refractivity contribution in [3.8, 4) is 6.07 Å². The summed E-state index contributed by atoms with van der Waals surface area (Å²) in [6.45, 7) is 0. The molecule has 3 rings (SSSR count). The first-order valence-corrected chi connectivity index (χ1v) is 7.29. The number of amides is 1. The van der Waals surface area contributed by atoms with Crippen LogP contribution in [0.4, 0.5) is 5.69 Å². The van der Waals surface area contributed by atoms with Gasteiger partial charge in [-0.25, -0.2) is 4.99 Å². The molecule has 0 saturated carbocycles. The van der Waals surface area contributed by atoms with Gasteiger partial charge in [-0.2, -0.15) is 5.26 Å². The van der Waals surface area contributed by atoms with Crippen molar-refractivity contribution in [1.29, 1.82) is 5.26 Å². The third kappa shape index (κ3) is 2.36. The molecule has 1 aliphatic rings. The van der Waals surface area contributed by atoms with E-state index in [1.807, 2.05) is 30.3 Å².